The fraction of sp³-hybridized carbons (Fsp3) is 0.133. The Hall–Kier alpha value is -7.56. The van der Waals surface area contributed by atoms with Crippen LogP contribution in [0.25, 0.3) is 100 Å². The molecule has 0 saturated heterocycles. The molecule has 4 nitrogen and oxygen atoms in total. The average Bonchev–Trinajstić information content (AvgIpc) is 3.84. The highest BCUT2D eigenvalue weighted by Crippen LogP contribution is 2.38. The van der Waals surface area contributed by atoms with E-state index in [0.29, 0.717) is 5.82 Å². The molecule has 0 saturated carbocycles. The van der Waals surface area contributed by atoms with Crippen LogP contribution in [0.1, 0.15) is 52.7 Å². The minimum atomic E-state index is 0.0640. The molecule has 0 aliphatic heterocycles. The van der Waals surface area contributed by atoms with E-state index in [1.807, 2.05) is 0 Å². The molecule has 4 heteroatoms. The first-order valence-corrected chi connectivity index (χ1v) is 22.3. The first-order chi connectivity index (χ1) is 31.0. The molecular weight excluding hydrogens is 777 g/mol. The Morgan fingerprint density at radius 2 is 0.703 bits per heavy atom. The summed E-state index contributed by atoms with van der Waals surface area (Å²) in [5, 5.41) is 4.96. The minimum Gasteiger partial charge on any atom is -0.309 e. The van der Waals surface area contributed by atoms with Crippen LogP contribution in [0.5, 0.6) is 0 Å². The predicted octanol–water partition coefficient (Wildman–Crippen LogP) is 15.9. The van der Waals surface area contributed by atoms with Crippen molar-refractivity contribution in [3.8, 4) is 56.4 Å². The van der Waals surface area contributed by atoms with Crippen LogP contribution >= 0.6 is 0 Å². The zero-order chi connectivity index (χ0) is 43.7. The third-order valence-corrected chi connectivity index (χ3v) is 12.9. The number of nitrogens with zero attached hydrogens (tertiary/aromatic N) is 4. The van der Waals surface area contributed by atoms with Crippen molar-refractivity contribution in [1.29, 1.82) is 0 Å². The second kappa shape index (κ2) is 15.1. The topological polar surface area (TPSA) is 35.6 Å². The smallest absolute Gasteiger partial charge is 0.160 e. The molecule has 0 N–H and O–H groups in total. The van der Waals surface area contributed by atoms with Crippen molar-refractivity contribution >= 4 is 43.6 Å². The van der Waals surface area contributed by atoms with Crippen molar-refractivity contribution in [2.75, 3.05) is 0 Å². The number of hydrogen-bond donors (Lipinski definition) is 0. The van der Waals surface area contributed by atoms with Crippen molar-refractivity contribution in [3.63, 3.8) is 0 Å². The summed E-state index contributed by atoms with van der Waals surface area (Å²) in [6.07, 6.45) is 0. The fourth-order valence-electron chi connectivity index (χ4n) is 9.37. The molecule has 64 heavy (non-hydrogen) atoms. The lowest BCUT2D eigenvalue weighted by molar-refractivity contribution is 0.590. The minimum absolute atomic E-state index is 0.0640. The van der Waals surface area contributed by atoms with Crippen LogP contribution in [0.15, 0.2) is 194 Å². The molecule has 0 aliphatic carbocycles. The zero-order valence-electron chi connectivity index (χ0n) is 37.3. The van der Waals surface area contributed by atoms with E-state index < -0.39 is 0 Å². The monoisotopic (exact) mass is 826 g/mol. The molecule has 0 unspecified atom stereocenters. The predicted molar refractivity (Wildman–Crippen MR) is 270 cm³/mol. The molecule has 11 rings (SSSR count). The Labute approximate surface area is 375 Å². The van der Waals surface area contributed by atoms with Crippen molar-refractivity contribution in [2.45, 2.75) is 52.4 Å². The van der Waals surface area contributed by atoms with Gasteiger partial charge in [-0.2, -0.15) is 0 Å². The summed E-state index contributed by atoms with van der Waals surface area (Å²) in [5.41, 5.74) is 16.9. The summed E-state index contributed by atoms with van der Waals surface area (Å²) in [6.45, 7) is 13.5. The normalized spacial score (nSPS) is 12.2. The molecule has 0 amide bonds. The van der Waals surface area contributed by atoms with E-state index in [4.69, 9.17) is 9.97 Å². The van der Waals surface area contributed by atoms with Gasteiger partial charge in [-0.1, -0.05) is 169 Å². The van der Waals surface area contributed by atoms with Gasteiger partial charge in [0.1, 0.15) is 0 Å². The highest BCUT2D eigenvalue weighted by Gasteiger charge is 2.19. The van der Waals surface area contributed by atoms with E-state index >= 15 is 0 Å². The number of para-hydroxylation sites is 3. The summed E-state index contributed by atoms with van der Waals surface area (Å²) in [5.74, 6) is 0.705. The lowest BCUT2D eigenvalue weighted by atomic mass is 9.86. The van der Waals surface area contributed by atoms with Gasteiger partial charge in [0.2, 0.25) is 0 Å². The summed E-state index contributed by atoms with van der Waals surface area (Å²) >= 11 is 0. The molecule has 11 aromatic rings. The number of hydrogen-bond acceptors (Lipinski definition) is 2. The van der Waals surface area contributed by atoms with Crippen LogP contribution in [0.3, 0.4) is 0 Å². The van der Waals surface area contributed by atoms with Crippen LogP contribution in [-0.2, 0) is 10.8 Å². The highest BCUT2D eigenvalue weighted by atomic mass is 15.0. The first-order valence-electron chi connectivity index (χ1n) is 22.3. The average molecular weight is 827 g/mol. The first kappa shape index (κ1) is 39.3. The Bertz CT molecular complexity index is 3410. The molecule has 0 fully saturated rings. The van der Waals surface area contributed by atoms with Gasteiger partial charge >= 0.3 is 0 Å². The van der Waals surface area contributed by atoms with Crippen LogP contribution in [0, 0.1) is 0 Å². The van der Waals surface area contributed by atoms with E-state index in [1.54, 1.807) is 0 Å². The maximum absolute atomic E-state index is 5.25. The second-order valence-electron chi connectivity index (χ2n) is 19.2. The van der Waals surface area contributed by atoms with Gasteiger partial charge in [-0.15, -0.1) is 0 Å². The Balaban J connectivity index is 0.985. The number of aromatic nitrogens is 4. The SMILES string of the molecule is CC(C)(C)c1ccc(-c2cc(-c3ccc(C(C)(C)C)cc3)nc(-c3cccc(-c4ccc5c(c4)c4ccccc4n5-c4ccc(-n5c6ccccc6c6ccccc65)cc4)c3)n2)cc1. The molecule has 3 aromatic heterocycles. The standard InChI is InChI=1S/C60H50N4/c1-59(2,3)44-27-22-39(23-28-44)52-38-53(40-24-29-45(30-25-40)60(4,5)6)62-58(61-52)43-15-13-14-41(36-43)42-26-35-57-51(37-42)50-18-9-12-21-56(50)64(57)47-33-31-46(32-34-47)63-54-19-10-7-16-48(54)49-17-8-11-20-55(49)63/h7-38H,1-6H3. The zero-order valence-corrected chi connectivity index (χ0v) is 37.3. The molecule has 0 radical (unpaired) electrons. The fourth-order valence-corrected chi connectivity index (χ4v) is 9.37. The summed E-state index contributed by atoms with van der Waals surface area (Å²) < 4.78 is 4.76. The van der Waals surface area contributed by atoms with Crippen LogP contribution in [0.4, 0.5) is 0 Å². The van der Waals surface area contributed by atoms with Gasteiger partial charge in [-0.05, 0) is 99.8 Å². The van der Waals surface area contributed by atoms with Crippen molar-refractivity contribution in [2.24, 2.45) is 0 Å². The maximum atomic E-state index is 5.25. The summed E-state index contributed by atoms with van der Waals surface area (Å²) in [6, 6.07) is 70.5. The molecule has 0 bridgehead atoms. The van der Waals surface area contributed by atoms with Gasteiger partial charge in [-0.3, -0.25) is 0 Å². The van der Waals surface area contributed by atoms with Gasteiger partial charge in [0.05, 0.1) is 33.5 Å². The quantitative estimate of drug-likeness (QED) is 0.167. The summed E-state index contributed by atoms with van der Waals surface area (Å²) in [7, 11) is 0. The third kappa shape index (κ3) is 6.87. The van der Waals surface area contributed by atoms with Crippen molar-refractivity contribution in [3.05, 3.63) is 205 Å². The van der Waals surface area contributed by atoms with Crippen molar-refractivity contribution < 1.29 is 0 Å². The Kier molecular flexibility index (Phi) is 9.25. The number of rotatable bonds is 6. The lowest BCUT2D eigenvalue weighted by Crippen LogP contribution is -2.10. The molecule has 0 spiro atoms. The maximum Gasteiger partial charge on any atom is 0.160 e. The Morgan fingerprint density at radius 1 is 0.312 bits per heavy atom. The van der Waals surface area contributed by atoms with Gasteiger partial charge in [-0.25, -0.2) is 9.97 Å². The van der Waals surface area contributed by atoms with E-state index in [0.717, 1.165) is 50.6 Å². The Morgan fingerprint density at radius 3 is 1.17 bits per heavy atom. The van der Waals surface area contributed by atoms with Gasteiger partial charge < -0.3 is 9.13 Å². The van der Waals surface area contributed by atoms with E-state index in [9.17, 15) is 0 Å². The van der Waals surface area contributed by atoms with Gasteiger partial charge in [0, 0.05) is 49.6 Å². The van der Waals surface area contributed by atoms with E-state index in [2.05, 4.69) is 245 Å². The summed E-state index contributed by atoms with van der Waals surface area (Å²) in [4.78, 5) is 10.5. The lowest BCUT2D eigenvalue weighted by Gasteiger charge is -2.19. The van der Waals surface area contributed by atoms with Gasteiger partial charge in [0.25, 0.3) is 0 Å². The molecule has 310 valence electrons. The molecule has 8 aromatic carbocycles. The molecule has 0 aliphatic rings. The van der Waals surface area contributed by atoms with Gasteiger partial charge in [0.15, 0.2) is 5.82 Å². The third-order valence-electron chi connectivity index (χ3n) is 12.9. The number of benzene rings is 8. The molecule has 0 atom stereocenters. The largest absolute Gasteiger partial charge is 0.309 e. The second-order valence-corrected chi connectivity index (χ2v) is 19.2. The number of fused-ring (bicyclic) bond motifs is 6. The van der Waals surface area contributed by atoms with Crippen molar-refractivity contribution in [1.82, 2.24) is 19.1 Å². The molecular formula is C60H50N4. The van der Waals surface area contributed by atoms with E-state index in [1.165, 1.54) is 54.7 Å². The van der Waals surface area contributed by atoms with Crippen LogP contribution in [0.2, 0.25) is 0 Å². The van der Waals surface area contributed by atoms with Crippen LogP contribution < -0.4 is 0 Å². The van der Waals surface area contributed by atoms with Crippen LogP contribution in [-0.4, -0.2) is 19.1 Å². The highest BCUT2D eigenvalue weighted by molar-refractivity contribution is 6.11. The molecule has 3 heterocycles. The van der Waals surface area contributed by atoms with E-state index in [-0.39, 0.29) is 10.8 Å².